The monoisotopic (exact) mass is 307 g/mol. The van der Waals surface area contributed by atoms with E-state index < -0.39 is 0 Å². The second kappa shape index (κ2) is 6.98. The summed E-state index contributed by atoms with van der Waals surface area (Å²) in [4.78, 5) is 22.8. The van der Waals surface area contributed by atoms with Crippen molar-refractivity contribution in [3.05, 3.63) is 72.2 Å². The lowest BCUT2D eigenvalue weighted by atomic mass is 10.2. The van der Waals surface area contributed by atoms with E-state index in [1.54, 1.807) is 23.4 Å². The van der Waals surface area contributed by atoms with Gasteiger partial charge in [0.1, 0.15) is 5.69 Å². The van der Waals surface area contributed by atoms with E-state index >= 15 is 0 Å². The Hall–Kier alpha value is -2.79. The predicted molar refractivity (Wildman–Crippen MR) is 87.8 cm³/mol. The van der Waals surface area contributed by atoms with Crippen molar-refractivity contribution >= 4 is 16.8 Å². The molecule has 0 saturated carbocycles. The Morgan fingerprint density at radius 1 is 1.09 bits per heavy atom. The summed E-state index contributed by atoms with van der Waals surface area (Å²) in [6, 6.07) is 15.0. The minimum Gasteiger partial charge on any atom is -0.395 e. The van der Waals surface area contributed by atoms with Crippen molar-refractivity contribution in [3.8, 4) is 0 Å². The Kier molecular flexibility index (Phi) is 4.59. The third-order valence-electron chi connectivity index (χ3n) is 3.57. The normalized spacial score (nSPS) is 10.7. The quantitative estimate of drug-likeness (QED) is 0.785. The highest BCUT2D eigenvalue weighted by Crippen LogP contribution is 2.14. The number of rotatable bonds is 5. The molecule has 5 nitrogen and oxygen atoms in total. The zero-order chi connectivity index (χ0) is 16.1. The Bertz CT molecular complexity index is 805. The lowest BCUT2D eigenvalue weighted by molar-refractivity contribution is 0.0702. The van der Waals surface area contributed by atoms with Crippen LogP contribution >= 0.6 is 0 Å². The second-order valence-electron chi connectivity index (χ2n) is 5.20. The summed E-state index contributed by atoms with van der Waals surface area (Å²) in [6.07, 6.45) is 3.40. The zero-order valence-corrected chi connectivity index (χ0v) is 12.6. The summed E-state index contributed by atoms with van der Waals surface area (Å²) in [5.74, 6) is -0.200. The van der Waals surface area contributed by atoms with Gasteiger partial charge in [0.15, 0.2) is 0 Å². The molecule has 0 saturated heterocycles. The SMILES string of the molecule is O=C(c1ccc2ccccc2n1)N(CCO)Cc1cccnc1. The van der Waals surface area contributed by atoms with Crippen LogP contribution in [-0.2, 0) is 6.54 Å². The molecule has 0 fully saturated rings. The number of hydrogen-bond donors (Lipinski definition) is 1. The number of aromatic nitrogens is 2. The molecule has 3 rings (SSSR count). The molecule has 3 aromatic rings. The van der Waals surface area contributed by atoms with Gasteiger partial charge in [-0.15, -0.1) is 0 Å². The van der Waals surface area contributed by atoms with Gasteiger partial charge >= 0.3 is 0 Å². The van der Waals surface area contributed by atoms with E-state index in [9.17, 15) is 9.90 Å². The molecule has 5 heteroatoms. The van der Waals surface area contributed by atoms with Gasteiger partial charge in [0, 0.05) is 30.9 Å². The summed E-state index contributed by atoms with van der Waals surface area (Å²) in [6.45, 7) is 0.545. The molecule has 0 radical (unpaired) electrons. The van der Waals surface area contributed by atoms with Gasteiger partial charge < -0.3 is 10.0 Å². The van der Waals surface area contributed by atoms with E-state index in [4.69, 9.17) is 0 Å². The number of amides is 1. The molecule has 0 aliphatic carbocycles. The molecule has 2 aromatic heterocycles. The van der Waals surface area contributed by atoms with Crippen molar-refractivity contribution in [2.75, 3.05) is 13.2 Å². The van der Waals surface area contributed by atoms with E-state index in [2.05, 4.69) is 9.97 Å². The summed E-state index contributed by atoms with van der Waals surface area (Å²) in [5.41, 5.74) is 2.07. The number of carbonyl (C=O) groups excluding carboxylic acids is 1. The first-order valence-corrected chi connectivity index (χ1v) is 7.43. The van der Waals surface area contributed by atoms with Gasteiger partial charge in [-0.3, -0.25) is 9.78 Å². The van der Waals surface area contributed by atoms with Crippen LogP contribution in [0.25, 0.3) is 10.9 Å². The Balaban J connectivity index is 1.87. The molecule has 0 bridgehead atoms. The average molecular weight is 307 g/mol. The fourth-order valence-corrected chi connectivity index (χ4v) is 2.43. The van der Waals surface area contributed by atoms with Crippen molar-refractivity contribution < 1.29 is 9.90 Å². The van der Waals surface area contributed by atoms with Crippen LogP contribution in [0.1, 0.15) is 16.1 Å². The fraction of sp³-hybridized carbons (Fsp3) is 0.167. The van der Waals surface area contributed by atoms with E-state index in [-0.39, 0.29) is 19.1 Å². The summed E-state index contributed by atoms with van der Waals surface area (Å²) in [7, 11) is 0. The maximum absolute atomic E-state index is 12.7. The van der Waals surface area contributed by atoms with Crippen molar-refractivity contribution in [1.29, 1.82) is 0 Å². The molecule has 0 aliphatic rings. The van der Waals surface area contributed by atoms with Crippen molar-refractivity contribution in [2.45, 2.75) is 6.54 Å². The second-order valence-corrected chi connectivity index (χ2v) is 5.20. The first-order chi connectivity index (χ1) is 11.3. The van der Waals surface area contributed by atoms with Crippen LogP contribution in [0.3, 0.4) is 0 Å². The van der Waals surface area contributed by atoms with Crippen LogP contribution in [0.5, 0.6) is 0 Å². The molecular formula is C18H17N3O2. The molecule has 0 aliphatic heterocycles. The van der Waals surface area contributed by atoms with Crippen molar-refractivity contribution in [3.63, 3.8) is 0 Å². The highest BCUT2D eigenvalue weighted by Gasteiger charge is 2.17. The fourth-order valence-electron chi connectivity index (χ4n) is 2.43. The van der Waals surface area contributed by atoms with Crippen LogP contribution in [0, 0.1) is 0 Å². The Morgan fingerprint density at radius 2 is 1.96 bits per heavy atom. The van der Waals surface area contributed by atoms with Crippen LogP contribution in [0.2, 0.25) is 0 Å². The summed E-state index contributed by atoms with van der Waals surface area (Å²) < 4.78 is 0. The molecule has 0 spiro atoms. The molecule has 0 unspecified atom stereocenters. The minimum atomic E-state index is -0.200. The number of pyridine rings is 2. The molecule has 1 aromatic carbocycles. The van der Waals surface area contributed by atoms with E-state index in [0.29, 0.717) is 12.2 Å². The van der Waals surface area contributed by atoms with Gasteiger partial charge in [-0.05, 0) is 23.8 Å². The Morgan fingerprint density at radius 3 is 2.74 bits per heavy atom. The number of benzene rings is 1. The van der Waals surface area contributed by atoms with Gasteiger partial charge in [0.05, 0.1) is 12.1 Å². The molecule has 116 valence electrons. The third-order valence-corrected chi connectivity index (χ3v) is 3.57. The Labute approximate surface area is 134 Å². The molecular weight excluding hydrogens is 290 g/mol. The molecule has 1 amide bonds. The van der Waals surface area contributed by atoms with E-state index in [0.717, 1.165) is 16.5 Å². The van der Waals surface area contributed by atoms with Gasteiger partial charge in [-0.2, -0.15) is 0 Å². The first kappa shape index (κ1) is 15.1. The van der Waals surface area contributed by atoms with E-state index in [1.165, 1.54) is 0 Å². The van der Waals surface area contributed by atoms with Crippen LogP contribution in [-0.4, -0.2) is 39.0 Å². The number of carbonyl (C=O) groups is 1. The van der Waals surface area contributed by atoms with Crippen LogP contribution in [0.4, 0.5) is 0 Å². The number of hydrogen-bond acceptors (Lipinski definition) is 4. The number of aliphatic hydroxyl groups is 1. The first-order valence-electron chi connectivity index (χ1n) is 7.43. The maximum Gasteiger partial charge on any atom is 0.272 e. The molecule has 23 heavy (non-hydrogen) atoms. The standard InChI is InChI=1S/C18H17N3O2/c22-11-10-21(13-14-4-3-9-19-12-14)18(23)17-8-7-15-5-1-2-6-16(15)20-17/h1-9,12,22H,10-11,13H2. The molecule has 1 N–H and O–H groups in total. The van der Waals surface area contributed by atoms with Gasteiger partial charge in [0.2, 0.25) is 0 Å². The highest BCUT2D eigenvalue weighted by molar-refractivity contribution is 5.94. The minimum absolute atomic E-state index is 0.0976. The third kappa shape index (κ3) is 3.52. The predicted octanol–water partition coefficient (Wildman–Crippen LogP) is 2.26. The lowest BCUT2D eigenvalue weighted by Gasteiger charge is -2.21. The largest absolute Gasteiger partial charge is 0.395 e. The van der Waals surface area contributed by atoms with Crippen molar-refractivity contribution in [2.24, 2.45) is 0 Å². The number of aliphatic hydroxyl groups excluding tert-OH is 1. The smallest absolute Gasteiger partial charge is 0.272 e. The average Bonchev–Trinajstić information content (AvgIpc) is 2.61. The topological polar surface area (TPSA) is 66.3 Å². The zero-order valence-electron chi connectivity index (χ0n) is 12.6. The highest BCUT2D eigenvalue weighted by atomic mass is 16.3. The summed E-state index contributed by atoms with van der Waals surface area (Å²) in [5, 5.41) is 10.2. The van der Waals surface area contributed by atoms with Crippen LogP contribution in [0.15, 0.2) is 60.9 Å². The van der Waals surface area contributed by atoms with Gasteiger partial charge in [-0.1, -0.05) is 30.3 Å². The summed E-state index contributed by atoms with van der Waals surface area (Å²) >= 11 is 0. The number of nitrogens with zero attached hydrogens (tertiary/aromatic N) is 3. The number of fused-ring (bicyclic) bond motifs is 1. The molecule has 2 heterocycles. The van der Waals surface area contributed by atoms with Crippen molar-refractivity contribution in [1.82, 2.24) is 14.9 Å². The van der Waals surface area contributed by atoms with Crippen LogP contribution < -0.4 is 0 Å². The van der Waals surface area contributed by atoms with Gasteiger partial charge in [-0.25, -0.2) is 4.98 Å². The maximum atomic E-state index is 12.7. The molecule has 0 atom stereocenters. The lowest BCUT2D eigenvalue weighted by Crippen LogP contribution is -2.33. The number of para-hydroxylation sites is 1. The van der Waals surface area contributed by atoms with E-state index in [1.807, 2.05) is 42.5 Å². The van der Waals surface area contributed by atoms with Gasteiger partial charge in [0.25, 0.3) is 5.91 Å².